The van der Waals surface area contributed by atoms with E-state index in [2.05, 4.69) is 18.7 Å². The Morgan fingerprint density at radius 3 is 2.65 bits per heavy atom. The van der Waals surface area contributed by atoms with Gasteiger partial charge in [-0.05, 0) is 130 Å². The maximum absolute atomic E-state index is 13.8. The van der Waals surface area contributed by atoms with E-state index >= 15 is 0 Å². The Morgan fingerprint density at radius 1 is 1.16 bits per heavy atom. The van der Waals surface area contributed by atoms with E-state index in [4.69, 9.17) is 4.74 Å². The summed E-state index contributed by atoms with van der Waals surface area (Å²) in [6.45, 7) is 10.9. The number of ketones is 1. The number of benzene rings is 1. The molecule has 1 aromatic carbocycles. The Bertz CT molecular complexity index is 1040. The lowest BCUT2D eigenvalue weighted by molar-refractivity contribution is -0.175. The van der Waals surface area contributed by atoms with E-state index < -0.39 is 5.60 Å². The zero-order valence-electron chi connectivity index (χ0n) is 23.1. The second-order valence-corrected chi connectivity index (χ2v) is 13.3. The largest absolute Gasteiger partial charge is 0.390 e. The van der Waals surface area contributed by atoms with Crippen LogP contribution in [0.3, 0.4) is 0 Å². The lowest BCUT2D eigenvalue weighted by Gasteiger charge is -2.62. The summed E-state index contributed by atoms with van der Waals surface area (Å²) in [6.07, 6.45) is 9.40. The number of fused-ring (bicyclic) bond motifs is 5. The Hall–Kier alpha value is -1.79. The summed E-state index contributed by atoms with van der Waals surface area (Å²) in [5, 5.41) is 16.7. The molecule has 0 heterocycles. The van der Waals surface area contributed by atoms with Gasteiger partial charge in [-0.1, -0.05) is 6.92 Å². The van der Waals surface area contributed by atoms with Crippen LogP contribution in [0.4, 0.5) is 10.1 Å². The van der Waals surface area contributed by atoms with Gasteiger partial charge in [0.05, 0.1) is 17.9 Å². The molecule has 0 amide bonds. The topological polar surface area (TPSA) is 62.1 Å². The van der Waals surface area contributed by atoms with Crippen molar-refractivity contribution in [2.75, 3.05) is 25.3 Å². The first-order valence-electron chi connectivity index (χ1n) is 14.3. The molecule has 5 rings (SSSR count). The van der Waals surface area contributed by atoms with Gasteiger partial charge >= 0.3 is 0 Å². The molecule has 8 atom stereocenters. The predicted molar refractivity (Wildman–Crippen MR) is 145 cm³/mol. The highest BCUT2D eigenvalue weighted by Crippen LogP contribution is 2.68. The van der Waals surface area contributed by atoms with Gasteiger partial charge in [0.1, 0.15) is 12.4 Å². The number of hydrazone groups is 1. The quantitative estimate of drug-likeness (QED) is 0.351. The molecule has 0 unspecified atom stereocenters. The number of aryl methyl sites for hydroxylation is 1. The van der Waals surface area contributed by atoms with Crippen LogP contribution < -0.4 is 5.01 Å². The summed E-state index contributed by atoms with van der Waals surface area (Å²) in [7, 11) is 1.83. The molecule has 0 radical (unpaired) electrons. The zero-order valence-corrected chi connectivity index (χ0v) is 23.1. The maximum atomic E-state index is 13.8. The second kappa shape index (κ2) is 9.75. The van der Waals surface area contributed by atoms with Crippen molar-refractivity contribution >= 4 is 18.2 Å². The Labute approximate surface area is 221 Å². The van der Waals surface area contributed by atoms with Gasteiger partial charge in [-0.15, -0.1) is 0 Å². The van der Waals surface area contributed by atoms with Crippen LogP contribution in [0, 0.1) is 53.2 Å². The average Bonchev–Trinajstić information content (AvgIpc) is 3.20. The molecule has 5 nitrogen and oxygen atoms in total. The van der Waals surface area contributed by atoms with Crippen LogP contribution in [0.1, 0.15) is 77.2 Å². The highest BCUT2D eigenvalue weighted by Gasteiger charge is 2.63. The van der Waals surface area contributed by atoms with E-state index in [0.717, 1.165) is 69.2 Å². The van der Waals surface area contributed by atoms with E-state index in [-0.39, 0.29) is 34.9 Å². The third kappa shape index (κ3) is 4.46. The number of carbonyl (C=O) groups is 1. The van der Waals surface area contributed by atoms with Crippen molar-refractivity contribution in [2.24, 2.45) is 45.5 Å². The number of halogens is 1. The number of hydrogen-bond donors (Lipinski definition) is 1. The predicted octanol–water partition coefficient (Wildman–Crippen LogP) is 6.16. The van der Waals surface area contributed by atoms with Gasteiger partial charge in [0.25, 0.3) is 0 Å². The number of Topliss-reactive ketones (excluding diaryl/α,β-unsaturated/α-hetero) is 1. The van der Waals surface area contributed by atoms with Gasteiger partial charge in [-0.2, -0.15) is 5.10 Å². The summed E-state index contributed by atoms with van der Waals surface area (Å²) in [6, 6.07) is 4.57. The molecule has 0 bridgehead atoms. The van der Waals surface area contributed by atoms with Crippen molar-refractivity contribution in [1.82, 2.24) is 0 Å². The molecule has 0 spiro atoms. The SMILES string of the molecule is C=NN(CC(=O)[C@H]1CC[C@H]2[C@@H]3CC[C@@H]4C[C@](C)(O)CC[C@]4(COC)[C@H]3CC[C@]12C)c1ccc(F)cc1C. The number of anilines is 1. The molecule has 1 N–H and O–H groups in total. The molecule has 6 heteroatoms. The van der Waals surface area contributed by atoms with Crippen LogP contribution in [0.5, 0.6) is 0 Å². The number of nitrogens with zero attached hydrogens (tertiary/aromatic N) is 2. The fourth-order valence-corrected chi connectivity index (χ4v) is 9.69. The van der Waals surface area contributed by atoms with Gasteiger partial charge in [0.15, 0.2) is 5.78 Å². The molecule has 0 saturated heterocycles. The van der Waals surface area contributed by atoms with Crippen LogP contribution in [-0.2, 0) is 9.53 Å². The van der Waals surface area contributed by atoms with Crippen LogP contribution in [0.2, 0.25) is 0 Å². The minimum absolute atomic E-state index is 0.00416. The minimum atomic E-state index is -0.559. The van der Waals surface area contributed by atoms with E-state index in [9.17, 15) is 14.3 Å². The lowest BCUT2D eigenvalue weighted by Crippen LogP contribution is -2.58. The van der Waals surface area contributed by atoms with Gasteiger partial charge in [0, 0.05) is 19.7 Å². The Morgan fingerprint density at radius 2 is 1.95 bits per heavy atom. The fourth-order valence-electron chi connectivity index (χ4n) is 9.69. The standard InChI is InChI=1S/C31H45FN2O3/c1-20-16-22(32)7-11-27(20)34(33-4)18-28(35)26-10-9-24-23-8-6-21-17-29(2,36)14-15-31(21,19-37-5)25(23)12-13-30(24,26)3/h7,11,16,21,23-26,36H,4,6,8-10,12-15,17-19H2,1-3,5H3/t21-,23+,24+,25+,26-,29-,30+,31-/m1/s1. The van der Waals surface area contributed by atoms with Crippen molar-refractivity contribution in [1.29, 1.82) is 0 Å². The summed E-state index contributed by atoms with van der Waals surface area (Å²) in [5.41, 5.74) is 1.09. The third-order valence-corrected chi connectivity index (χ3v) is 11.4. The molecule has 37 heavy (non-hydrogen) atoms. The van der Waals surface area contributed by atoms with Crippen LogP contribution in [0.15, 0.2) is 23.3 Å². The molecular formula is C31H45FN2O3. The zero-order chi connectivity index (χ0) is 26.6. The average molecular weight is 513 g/mol. The van der Waals surface area contributed by atoms with E-state index in [1.165, 1.54) is 18.6 Å². The van der Waals surface area contributed by atoms with E-state index in [1.807, 2.05) is 21.0 Å². The molecule has 0 aromatic heterocycles. The monoisotopic (exact) mass is 512 g/mol. The highest BCUT2D eigenvalue weighted by molar-refractivity contribution is 5.87. The molecule has 4 aliphatic rings. The second-order valence-electron chi connectivity index (χ2n) is 13.3. The van der Waals surface area contributed by atoms with Crippen LogP contribution >= 0.6 is 0 Å². The van der Waals surface area contributed by atoms with E-state index in [1.54, 1.807) is 11.1 Å². The number of aliphatic hydroxyl groups is 1. The number of ether oxygens (including phenoxy) is 1. The van der Waals surface area contributed by atoms with E-state index in [0.29, 0.717) is 23.7 Å². The van der Waals surface area contributed by atoms with Crippen molar-refractivity contribution in [2.45, 2.75) is 84.2 Å². The minimum Gasteiger partial charge on any atom is -0.390 e. The molecular weight excluding hydrogens is 467 g/mol. The lowest BCUT2D eigenvalue weighted by atomic mass is 9.43. The van der Waals surface area contributed by atoms with Gasteiger partial charge in [-0.25, -0.2) is 4.39 Å². The molecule has 4 aliphatic carbocycles. The fraction of sp³-hybridized carbons (Fsp3) is 0.742. The summed E-state index contributed by atoms with van der Waals surface area (Å²) in [5.74, 6) is 2.27. The van der Waals surface area contributed by atoms with Gasteiger partial charge in [-0.3, -0.25) is 9.80 Å². The molecule has 0 aliphatic heterocycles. The first-order chi connectivity index (χ1) is 17.5. The first-order valence-corrected chi connectivity index (χ1v) is 14.3. The van der Waals surface area contributed by atoms with Crippen molar-refractivity contribution < 1.29 is 19.0 Å². The molecule has 4 fully saturated rings. The van der Waals surface area contributed by atoms with Crippen LogP contribution in [-0.4, -0.2) is 43.5 Å². The van der Waals surface area contributed by atoms with Crippen molar-refractivity contribution in [3.63, 3.8) is 0 Å². The Kier molecular flexibility index (Phi) is 7.06. The maximum Gasteiger partial charge on any atom is 0.157 e. The normalized spacial score (nSPS) is 40.9. The summed E-state index contributed by atoms with van der Waals surface area (Å²) < 4.78 is 19.5. The number of methoxy groups -OCH3 is 1. The Balaban J connectivity index is 1.35. The summed E-state index contributed by atoms with van der Waals surface area (Å²) in [4.78, 5) is 13.8. The third-order valence-electron chi connectivity index (χ3n) is 11.4. The molecule has 1 aromatic rings. The van der Waals surface area contributed by atoms with Gasteiger partial charge in [0.2, 0.25) is 0 Å². The highest BCUT2D eigenvalue weighted by atomic mass is 19.1. The number of rotatable bonds is 7. The van der Waals surface area contributed by atoms with Crippen molar-refractivity contribution in [3.8, 4) is 0 Å². The summed E-state index contributed by atoms with van der Waals surface area (Å²) >= 11 is 0. The van der Waals surface area contributed by atoms with Gasteiger partial charge < -0.3 is 9.84 Å². The van der Waals surface area contributed by atoms with Crippen molar-refractivity contribution in [3.05, 3.63) is 29.6 Å². The molecule has 204 valence electrons. The number of carbonyl (C=O) groups excluding carboxylic acids is 1. The number of hydrogen-bond acceptors (Lipinski definition) is 5. The van der Waals surface area contributed by atoms with Crippen LogP contribution in [0.25, 0.3) is 0 Å². The molecule has 4 saturated carbocycles. The first kappa shape index (κ1) is 26.8. The smallest absolute Gasteiger partial charge is 0.157 e.